The fourth-order valence-electron chi connectivity index (χ4n) is 9.83. The Kier molecular flexibility index (Phi) is 8.17. The molecule has 0 atom stereocenters. The van der Waals surface area contributed by atoms with Crippen molar-refractivity contribution in [1.29, 1.82) is 0 Å². The van der Waals surface area contributed by atoms with E-state index >= 15 is 0 Å². The van der Waals surface area contributed by atoms with Gasteiger partial charge in [-0.3, -0.25) is 0 Å². The van der Waals surface area contributed by atoms with Crippen molar-refractivity contribution in [3.05, 3.63) is 203 Å². The van der Waals surface area contributed by atoms with Gasteiger partial charge < -0.3 is 13.3 Å². The van der Waals surface area contributed by atoms with Gasteiger partial charge in [0.05, 0.1) is 0 Å². The minimum atomic E-state index is 0.693. The molecule has 12 rings (SSSR count). The second-order valence-corrected chi connectivity index (χ2v) is 17.2. The van der Waals surface area contributed by atoms with Gasteiger partial charge in [-0.15, -0.1) is 0 Å². The van der Waals surface area contributed by atoms with Crippen molar-refractivity contribution in [2.45, 2.75) is 34.1 Å². The van der Waals surface area contributed by atoms with Crippen LogP contribution in [0, 0.1) is 27.7 Å². The van der Waals surface area contributed by atoms with E-state index in [-0.39, 0.29) is 0 Å². The molecule has 3 heterocycles. The lowest BCUT2D eigenvalue weighted by molar-refractivity contribution is 0.659. The zero-order chi connectivity index (χ0) is 41.6. The highest BCUT2D eigenvalue weighted by Crippen LogP contribution is 2.44. The molecule has 0 bridgehead atoms. The third kappa shape index (κ3) is 5.96. The fraction of sp³-hybridized carbons (Fsp3) is 0.0847. The van der Waals surface area contributed by atoms with E-state index in [4.69, 9.17) is 13.3 Å². The van der Waals surface area contributed by atoms with Crippen LogP contribution in [0.5, 0.6) is 0 Å². The van der Waals surface area contributed by atoms with Crippen LogP contribution in [0.3, 0.4) is 0 Å². The Morgan fingerprint density at radius 1 is 0.290 bits per heavy atom. The predicted octanol–water partition coefficient (Wildman–Crippen LogP) is 16.9. The van der Waals surface area contributed by atoms with Crippen molar-refractivity contribution in [2.24, 2.45) is 0 Å². The summed E-state index contributed by atoms with van der Waals surface area (Å²) in [5.41, 5.74) is 21.8. The lowest BCUT2D eigenvalue weighted by atomic mass is 9.90. The highest BCUT2D eigenvalue weighted by atomic mass is 16.3. The van der Waals surface area contributed by atoms with Crippen LogP contribution >= 0.6 is 0 Å². The average Bonchev–Trinajstić information content (AvgIpc) is 3.98. The summed E-state index contributed by atoms with van der Waals surface area (Å²) in [6, 6.07) is 61.4. The summed E-state index contributed by atoms with van der Waals surface area (Å²) in [7, 11) is 0. The zero-order valence-electron chi connectivity index (χ0n) is 35.1. The SMILES string of the molecule is Cc1ccc(-c2ccccc2-c2cc(C)cc(-c3cc(-c4ccc5oc6c(Cc7cc(C)cc8c7oc7ccccc78)cc(C)cc6c5c4)c4oc5ccccc5c4c3)c2)cc1. The van der Waals surface area contributed by atoms with Crippen LogP contribution in [0.1, 0.15) is 33.4 Å². The third-order valence-corrected chi connectivity index (χ3v) is 12.7. The molecule has 3 nitrogen and oxygen atoms in total. The molecular weight excluding hydrogens is 757 g/mol. The van der Waals surface area contributed by atoms with Gasteiger partial charge in [0.25, 0.3) is 0 Å². The second kappa shape index (κ2) is 14.0. The molecule has 0 fully saturated rings. The maximum Gasteiger partial charge on any atom is 0.143 e. The smallest absolute Gasteiger partial charge is 0.143 e. The predicted molar refractivity (Wildman–Crippen MR) is 258 cm³/mol. The normalized spacial score (nSPS) is 11.9. The summed E-state index contributed by atoms with van der Waals surface area (Å²) >= 11 is 0. The number of rotatable bonds is 6. The third-order valence-electron chi connectivity index (χ3n) is 12.7. The fourth-order valence-corrected chi connectivity index (χ4v) is 9.83. The second-order valence-electron chi connectivity index (χ2n) is 17.2. The van der Waals surface area contributed by atoms with Gasteiger partial charge in [0, 0.05) is 55.4 Å². The van der Waals surface area contributed by atoms with E-state index in [0.29, 0.717) is 6.42 Å². The van der Waals surface area contributed by atoms with E-state index < -0.39 is 0 Å². The zero-order valence-corrected chi connectivity index (χ0v) is 35.1. The Balaban J connectivity index is 1.01. The minimum Gasteiger partial charge on any atom is -0.456 e. The van der Waals surface area contributed by atoms with Crippen molar-refractivity contribution < 1.29 is 13.3 Å². The molecule has 0 amide bonds. The van der Waals surface area contributed by atoms with Crippen molar-refractivity contribution in [3.63, 3.8) is 0 Å². The summed E-state index contributed by atoms with van der Waals surface area (Å²) in [6.45, 7) is 8.67. The van der Waals surface area contributed by atoms with Crippen LogP contribution in [0.4, 0.5) is 0 Å². The topological polar surface area (TPSA) is 39.4 Å². The molecule has 0 unspecified atom stereocenters. The molecule has 9 aromatic carbocycles. The lowest BCUT2D eigenvalue weighted by Gasteiger charge is -2.14. The number of furan rings is 3. The first-order valence-electron chi connectivity index (χ1n) is 21.4. The molecule has 0 aliphatic heterocycles. The molecule has 12 aromatic rings. The van der Waals surface area contributed by atoms with Crippen LogP contribution in [0.2, 0.25) is 0 Å². The lowest BCUT2D eigenvalue weighted by Crippen LogP contribution is -1.92. The van der Waals surface area contributed by atoms with E-state index in [2.05, 4.69) is 185 Å². The Morgan fingerprint density at radius 2 is 0.774 bits per heavy atom. The van der Waals surface area contributed by atoms with Crippen molar-refractivity contribution in [1.82, 2.24) is 0 Å². The molecule has 3 aromatic heterocycles. The highest BCUT2D eigenvalue weighted by Gasteiger charge is 2.20. The van der Waals surface area contributed by atoms with Gasteiger partial charge in [-0.05, 0) is 138 Å². The number of hydrogen-bond donors (Lipinski definition) is 0. The van der Waals surface area contributed by atoms with Crippen LogP contribution in [-0.4, -0.2) is 0 Å². The van der Waals surface area contributed by atoms with Gasteiger partial charge in [0.15, 0.2) is 0 Å². The molecule has 0 spiro atoms. The summed E-state index contributed by atoms with van der Waals surface area (Å²) < 4.78 is 20.0. The van der Waals surface area contributed by atoms with Crippen LogP contribution < -0.4 is 0 Å². The monoisotopic (exact) mass is 798 g/mol. The van der Waals surface area contributed by atoms with Gasteiger partial charge in [-0.2, -0.15) is 0 Å². The van der Waals surface area contributed by atoms with Crippen LogP contribution in [0.15, 0.2) is 183 Å². The standard InChI is InChI=1S/C59H42O3/c1-34-17-19-38(20-18-34)45-11-5-6-12-46(45)42-24-35(2)23-40(29-42)41-32-49(59-53(33-41)48-14-8-10-16-55(48)62-59)39-21-22-56-50(31-39)52-28-37(4)26-44(58(52)61-56)30-43-25-36(3)27-51-47-13-7-9-15-54(47)60-57(43)51/h5-29,31-33H,30H2,1-4H3. The number of aryl methyl sites for hydroxylation is 4. The molecule has 0 radical (unpaired) electrons. The maximum atomic E-state index is 6.79. The van der Waals surface area contributed by atoms with Gasteiger partial charge in [0.2, 0.25) is 0 Å². The number of para-hydroxylation sites is 2. The average molecular weight is 799 g/mol. The number of benzene rings is 9. The van der Waals surface area contributed by atoms with E-state index in [1.807, 2.05) is 12.1 Å². The molecule has 0 aliphatic rings. The van der Waals surface area contributed by atoms with Gasteiger partial charge >= 0.3 is 0 Å². The molecule has 3 heteroatoms. The Morgan fingerprint density at radius 3 is 1.45 bits per heavy atom. The summed E-state index contributed by atoms with van der Waals surface area (Å²) in [5.74, 6) is 0. The first kappa shape index (κ1) is 36.2. The Bertz CT molecular complexity index is 3760. The Hall–Kier alpha value is -7.62. The van der Waals surface area contributed by atoms with Gasteiger partial charge in [-0.1, -0.05) is 121 Å². The molecule has 0 saturated carbocycles. The number of fused-ring (bicyclic) bond motifs is 9. The first-order chi connectivity index (χ1) is 30.3. The quantitative estimate of drug-likeness (QED) is 0.168. The van der Waals surface area contributed by atoms with Crippen molar-refractivity contribution >= 4 is 65.8 Å². The van der Waals surface area contributed by atoms with E-state index in [0.717, 1.165) is 99.2 Å². The summed E-state index contributed by atoms with van der Waals surface area (Å²) in [5, 5.41) is 6.70. The maximum absolute atomic E-state index is 6.79. The van der Waals surface area contributed by atoms with Crippen LogP contribution in [0.25, 0.3) is 110 Å². The molecule has 62 heavy (non-hydrogen) atoms. The molecule has 296 valence electrons. The molecule has 0 aliphatic carbocycles. The summed E-state index contributed by atoms with van der Waals surface area (Å²) in [6.07, 6.45) is 0.693. The molecule has 0 N–H and O–H groups in total. The van der Waals surface area contributed by atoms with Crippen LogP contribution in [-0.2, 0) is 6.42 Å². The largest absolute Gasteiger partial charge is 0.456 e. The minimum absolute atomic E-state index is 0.693. The Labute approximate surface area is 359 Å². The molecular formula is C59H42O3. The van der Waals surface area contributed by atoms with Gasteiger partial charge in [0.1, 0.15) is 33.5 Å². The van der Waals surface area contributed by atoms with Gasteiger partial charge in [-0.25, -0.2) is 0 Å². The first-order valence-corrected chi connectivity index (χ1v) is 21.4. The summed E-state index contributed by atoms with van der Waals surface area (Å²) in [4.78, 5) is 0. The van der Waals surface area contributed by atoms with Crippen molar-refractivity contribution in [3.8, 4) is 44.5 Å². The molecule has 0 saturated heterocycles. The van der Waals surface area contributed by atoms with E-state index in [1.54, 1.807) is 0 Å². The van der Waals surface area contributed by atoms with E-state index in [9.17, 15) is 0 Å². The number of hydrogen-bond acceptors (Lipinski definition) is 3. The van der Waals surface area contributed by atoms with E-state index in [1.165, 1.54) is 44.5 Å². The highest BCUT2D eigenvalue weighted by molar-refractivity contribution is 6.13. The van der Waals surface area contributed by atoms with Crippen molar-refractivity contribution in [2.75, 3.05) is 0 Å².